The maximum atomic E-state index is 4.29. The third-order valence-electron chi connectivity index (χ3n) is 2.65. The van der Waals surface area contributed by atoms with Crippen molar-refractivity contribution in [3.8, 4) is 0 Å². The molecular formula is C14H19N5. The van der Waals surface area contributed by atoms with Crippen LogP contribution in [-0.2, 0) is 0 Å². The Morgan fingerprint density at radius 1 is 1.00 bits per heavy atom. The van der Waals surface area contributed by atoms with Crippen molar-refractivity contribution in [2.75, 3.05) is 23.7 Å². The maximum Gasteiger partial charge on any atom is 0.222 e. The first-order chi connectivity index (χ1) is 9.24. The molecule has 0 aliphatic rings. The number of nitrogens with zero attached hydrogens (tertiary/aromatic N) is 3. The van der Waals surface area contributed by atoms with E-state index in [1.165, 1.54) is 5.56 Å². The van der Waals surface area contributed by atoms with Gasteiger partial charge in [-0.1, -0.05) is 6.07 Å². The van der Waals surface area contributed by atoms with Gasteiger partial charge in [-0.2, -0.15) is 0 Å². The van der Waals surface area contributed by atoms with Gasteiger partial charge in [0.15, 0.2) is 0 Å². The van der Waals surface area contributed by atoms with Crippen LogP contribution in [0.3, 0.4) is 0 Å². The fourth-order valence-corrected chi connectivity index (χ4v) is 1.61. The smallest absolute Gasteiger partial charge is 0.222 e. The number of anilines is 2. The molecular weight excluding hydrogens is 238 g/mol. The minimum Gasteiger partial charge on any atom is -0.370 e. The Morgan fingerprint density at radius 3 is 2.58 bits per heavy atom. The number of aromatic nitrogens is 3. The van der Waals surface area contributed by atoms with Crippen molar-refractivity contribution in [3.63, 3.8) is 0 Å². The van der Waals surface area contributed by atoms with Crippen LogP contribution in [0.4, 0.5) is 11.8 Å². The second kappa shape index (κ2) is 6.68. The molecule has 0 saturated heterocycles. The lowest BCUT2D eigenvalue weighted by Gasteiger charge is -2.07. The summed E-state index contributed by atoms with van der Waals surface area (Å²) in [5.41, 5.74) is 2.14. The molecule has 100 valence electrons. The van der Waals surface area contributed by atoms with Gasteiger partial charge in [-0.3, -0.25) is 0 Å². The molecule has 0 unspecified atom stereocenters. The Hall–Kier alpha value is -2.17. The van der Waals surface area contributed by atoms with Gasteiger partial charge >= 0.3 is 0 Å². The van der Waals surface area contributed by atoms with Gasteiger partial charge in [0.2, 0.25) is 5.95 Å². The number of rotatable bonds is 6. The Morgan fingerprint density at radius 2 is 1.84 bits per heavy atom. The Labute approximate surface area is 113 Å². The van der Waals surface area contributed by atoms with Crippen LogP contribution in [-0.4, -0.2) is 28.0 Å². The highest BCUT2D eigenvalue weighted by molar-refractivity contribution is 5.35. The van der Waals surface area contributed by atoms with Crippen molar-refractivity contribution >= 4 is 11.8 Å². The molecule has 2 rings (SSSR count). The van der Waals surface area contributed by atoms with E-state index in [0.29, 0.717) is 5.95 Å². The lowest BCUT2D eigenvalue weighted by Crippen LogP contribution is -2.11. The summed E-state index contributed by atoms with van der Waals surface area (Å²) in [7, 11) is 0. The minimum absolute atomic E-state index is 0.688. The van der Waals surface area contributed by atoms with E-state index in [1.54, 1.807) is 6.20 Å². The Bertz CT molecular complexity index is 509. The van der Waals surface area contributed by atoms with Crippen molar-refractivity contribution < 1.29 is 0 Å². The first kappa shape index (κ1) is 13.3. The largest absolute Gasteiger partial charge is 0.370 e. The van der Waals surface area contributed by atoms with E-state index in [-0.39, 0.29) is 0 Å². The van der Waals surface area contributed by atoms with E-state index >= 15 is 0 Å². The van der Waals surface area contributed by atoms with E-state index in [2.05, 4.69) is 25.6 Å². The molecule has 0 amide bonds. The molecule has 0 spiro atoms. The zero-order chi connectivity index (χ0) is 13.5. The van der Waals surface area contributed by atoms with E-state index in [0.717, 1.165) is 31.0 Å². The first-order valence-electron chi connectivity index (χ1n) is 6.44. The fourth-order valence-electron chi connectivity index (χ4n) is 1.61. The van der Waals surface area contributed by atoms with E-state index in [1.807, 2.05) is 38.2 Å². The minimum atomic E-state index is 0.688. The molecule has 2 aromatic heterocycles. The van der Waals surface area contributed by atoms with Gasteiger partial charge in [-0.25, -0.2) is 15.0 Å². The molecule has 0 aromatic carbocycles. The van der Waals surface area contributed by atoms with E-state index in [4.69, 9.17) is 0 Å². The van der Waals surface area contributed by atoms with Crippen LogP contribution in [0.15, 0.2) is 30.6 Å². The molecule has 0 aliphatic heterocycles. The third kappa shape index (κ3) is 4.54. The predicted octanol–water partition coefficient (Wildman–Crippen LogP) is 2.40. The fraction of sp³-hybridized carbons (Fsp3) is 0.357. The Kier molecular flexibility index (Phi) is 4.66. The molecule has 2 heterocycles. The predicted molar refractivity (Wildman–Crippen MR) is 77.3 cm³/mol. The van der Waals surface area contributed by atoms with Gasteiger partial charge in [-0.15, -0.1) is 0 Å². The summed E-state index contributed by atoms with van der Waals surface area (Å²) < 4.78 is 0. The quantitative estimate of drug-likeness (QED) is 0.778. The number of pyridine rings is 1. The molecule has 5 nitrogen and oxygen atoms in total. The van der Waals surface area contributed by atoms with Crippen LogP contribution < -0.4 is 10.6 Å². The van der Waals surface area contributed by atoms with Gasteiger partial charge < -0.3 is 10.6 Å². The third-order valence-corrected chi connectivity index (χ3v) is 2.65. The van der Waals surface area contributed by atoms with Crippen molar-refractivity contribution in [1.29, 1.82) is 0 Å². The van der Waals surface area contributed by atoms with Crippen molar-refractivity contribution in [2.24, 2.45) is 0 Å². The van der Waals surface area contributed by atoms with Crippen LogP contribution in [0, 0.1) is 13.8 Å². The molecule has 0 radical (unpaired) electrons. The monoisotopic (exact) mass is 257 g/mol. The van der Waals surface area contributed by atoms with Crippen molar-refractivity contribution in [2.45, 2.75) is 20.3 Å². The number of hydrogen-bond donors (Lipinski definition) is 2. The molecule has 2 aromatic rings. The topological polar surface area (TPSA) is 62.7 Å². The lowest BCUT2D eigenvalue weighted by molar-refractivity contribution is 0.887. The molecule has 0 aliphatic carbocycles. The van der Waals surface area contributed by atoms with E-state index in [9.17, 15) is 0 Å². The normalized spacial score (nSPS) is 10.2. The second-order valence-electron chi connectivity index (χ2n) is 4.45. The number of aryl methyl sites for hydroxylation is 2. The van der Waals surface area contributed by atoms with Crippen LogP contribution >= 0.6 is 0 Å². The van der Waals surface area contributed by atoms with Gasteiger partial charge in [0, 0.05) is 31.2 Å². The van der Waals surface area contributed by atoms with Gasteiger partial charge in [0.05, 0.1) is 0 Å². The zero-order valence-corrected chi connectivity index (χ0v) is 11.3. The summed E-state index contributed by atoms with van der Waals surface area (Å²) in [5, 5.41) is 6.48. The lowest BCUT2D eigenvalue weighted by atomic mass is 10.3. The zero-order valence-electron chi connectivity index (χ0n) is 11.3. The second-order valence-corrected chi connectivity index (χ2v) is 4.45. The molecule has 0 bridgehead atoms. The highest BCUT2D eigenvalue weighted by Crippen LogP contribution is 2.03. The van der Waals surface area contributed by atoms with Gasteiger partial charge in [-0.05, 0) is 38.0 Å². The molecule has 0 atom stereocenters. The molecule has 0 fully saturated rings. The summed E-state index contributed by atoms with van der Waals surface area (Å²) in [6.07, 6.45) is 4.60. The highest BCUT2D eigenvalue weighted by Gasteiger charge is 1.96. The average Bonchev–Trinajstić information content (AvgIpc) is 2.41. The molecule has 5 heteroatoms. The summed E-state index contributed by atoms with van der Waals surface area (Å²) in [4.78, 5) is 12.7. The summed E-state index contributed by atoms with van der Waals surface area (Å²) in [5.74, 6) is 1.60. The van der Waals surface area contributed by atoms with Crippen molar-refractivity contribution in [1.82, 2.24) is 15.0 Å². The number of nitrogens with one attached hydrogen (secondary N) is 2. The number of hydrogen-bond acceptors (Lipinski definition) is 5. The average molecular weight is 257 g/mol. The molecule has 19 heavy (non-hydrogen) atoms. The Balaban J connectivity index is 1.66. The maximum absolute atomic E-state index is 4.29. The SMILES string of the molecule is Cc1ccc(NCCCNc2nccc(C)n2)nc1. The van der Waals surface area contributed by atoms with Gasteiger partial charge in [0.1, 0.15) is 5.82 Å². The van der Waals surface area contributed by atoms with E-state index < -0.39 is 0 Å². The molecule has 2 N–H and O–H groups in total. The first-order valence-corrected chi connectivity index (χ1v) is 6.44. The van der Waals surface area contributed by atoms with Crippen LogP contribution in [0.2, 0.25) is 0 Å². The molecule has 0 saturated carbocycles. The standard InChI is InChI=1S/C14H19N5/c1-11-4-5-13(18-10-11)15-7-3-8-16-14-17-9-6-12(2)19-14/h4-6,9-10H,3,7-8H2,1-2H3,(H,15,18)(H,16,17,19). The van der Waals surface area contributed by atoms with Crippen molar-refractivity contribution in [3.05, 3.63) is 41.9 Å². The van der Waals surface area contributed by atoms with Crippen LogP contribution in [0.5, 0.6) is 0 Å². The van der Waals surface area contributed by atoms with Crippen LogP contribution in [0.25, 0.3) is 0 Å². The van der Waals surface area contributed by atoms with Crippen LogP contribution in [0.1, 0.15) is 17.7 Å². The van der Waals surface area contributed by atoms with Gasteiger partial charge in [0.25, 0.3) is 0 Å². The summed E-state index contributed by atoms with van der Waals surface area (Å²) in [6.45, 7) is 5.69. The summed E-state index contributed by atoms with van der Waals surface area (Å²) >= 11 is 0. The summed E-state index contributed by atoms with van der Waals surface area (Å²) in [6, 6.07) is 5.93. The highest BCUT2D eigenvalue weighted by atomic mass is 15.1.